The molecule has 1 fully saturated rings. The Kier molecular flexibility index (Phi) is 3.96. The van der Waals surface area contributed by atoms with Crippen molar-refractivity contribution >= 4 is 6.08 Å². The Hall–Kier alpha value is -2.69. The maximum absolute atomic E-state index is 5.35. The Balaban J connectivity index is 1.58. The summed E-state index contributed by atoms with van der Waals surface area (Å²) in [6.07, 6.45) is 12.2. The van der Waals surface area contributed by atoms with E-state index in [-0.39, 0.29) is 5.41 Å². The number of aromatic amines is 1. The second kappa shape index (κ2) is 6.48. The molecule has 5 nitrogen and oxygen atoms in total. The van der Waals surface area contributed by atoms with Gasteiger partial charge in [0.05, 0.1) is 0 Å². The van der Waals surface area contributed by atoms with Gasteiger partial charge in [0, 0.05) is 23.1 Å². The number of aryl methyl sites for hydroxylation is 1. The summed E-state index contributed by atoms with van der Waals surface area (Å²) in [6, 6.07) is 11.0. The maximum atomic E-state index is 5.35. The number of allylic oxidation sites excluding steroid dienone is 1. The minimum atomic E-state index is 0.0310. The number of hydrogen-bond acceptors (Lipinski definition) is 4. The highest BCUT2D eigenvalue weighted by atomic mass is 16.5. The molecular weight excluding hydrogens is 336 g/mol. The summed E-state index contributed by atoms with van der Waals surface area (Å²) in [4.78, 5) is 4.35. The van der Waals surface area contributed by atoms with Crippen molar-refractivity contribution in [2.75, 3.05) is 0 Å². The second-order valence-corrected chi connectivity index (χ2v) is 7.86. The van der Waals surface area contributed by atoms with Crippen LogP contribution in [0.1, 0.15) is 54.7 Å². The molecular formula is C22H24N4O. The van der Waals surface area contributed by atoms with E-state index in [1.807, 2.05) is 6.92 Å². The average molecular weight is 360 g/mol. The van der Waals surface area contributed by atoms with Crippen LogP contribution in [0.3, 0.4) is 0 Å². The monoisotopic (exact) mass is 360 g/mol. The molecule has 2 aromatic heterocycles. The Bertz CT molecular complexity index is 965. The van der Waals surface area contributed by atoms with E-state index < -0.39 is 0 Å². The Morgan fingerprint density at radius 1 is 1.11 bits per heavy atom. The minimum Gasteiger partial charge on any atom is -0.332 e. The normalized spacial score (nSPS) is 22.7. The second-order valence-electron chi connectivity index (χ2n) is 7.86. The number of benzene rings is 1. The van der Waals surface area contributed by atoms with Gasteiger partial charge in [-0.2, -0.15) is 10.1 Å². The van der Waals surface area contributed by atoms with Gasteiger partial charge in [0.25, 0.3) is 5.89 Å². The Morgan fingerprint density at radius 2 is 1.93 bits per heavy atom. The van der Waals surface area contributed by atoms with Gasteiger partial charge >= 0.3 is 0 Å². The smallest absolute Gasteiger partial charge is 0.279 e. The molecule has 27 heavy (non-hydrogen) atoms. The molecule has 1 unspecified atom stereocenters. The van der Waals surface area contributed by atoms with E-state index in [2.05, 4.69) is 62.8 Å². The van der Waals surface area contributed by atoms with E-state index in [0.29, 0.717) is 17.6 Å². The number of nitrogens with one attached hydrogen (secondary N) is 1. The van der Waals surface area contributed by atoms with Crippen molar-refractivity contribution in [1.29, 1.82) is 0 Å². The largest absolute Gasteiger partial charge is 0.332 e. The van der Waals surface area contributed by atoms with Gasteiger partial charge in [0.1, 0.15) is 0 Å². The first-order valence-corrected chi connectivity index (χ1v) is 9.89. The number of H-pyrrole nitrogens is 1. The molecule has 1 saturated carbocycles. The molecule has 138 valence electrons. The highest BCUT2D eigenvalue weighted by Crippen LogP contribution is 2.47. The number of aromatic nitrogens is 4. The van der Waals surface area contributed by atoms with Crippen LogP contribution in [0.15, 0.2) is 40.9 Å². The molecule has 2 aliphatic rings. The van der Waals surface area contributed by atoms with Crippen LogP contribution in [-0.4, -0.2) is 20.3 Å². The summed E-state index contributed by atoms with van der Waals surface area (Å²) >= 11 is 0. The van der Waals surface area contributed by atoms with Crippen LogP contribution >= 0.6 is 0 Å². The molecule has 3 aromatic rings. The van der Waals surface area contributed by atoms with Gasteiger partial charge in [-0.1, -0.05) is 66.9 Å². The van der Waals surface area contributed by atoms with E-state index >= 15 is 0 Å². The van der Waals surface area contributed by atoms with Crippen molar-refractivity contribution in [3.05, 3.63) is 59.1 Å². The average Bonchev–Trinajstić information content (AvgIpc) is 3.34. The molecule has 0 amide bonds. The summed E-state index contributed by atoms with van der Waals surface area (Å²) in [5, 5.41) is 11.7. The third-order valence-electron chi connectivity index (χ3n) is 6.27. The molecule has 2 heterocycles. The van der Waals surface area contributed by atoms with Crippen molar-refractivity contribution in [3.8, 4) is 11.6 Å². The molecule has 5 heteroatoms. The molecule has 2 aliphatic carbocycles. The van der Waals surface area contributed by atoms with Gasteiger partial charge in [0.2, 0.25) is 0 Å². The standard InChI is InChI=1S/C22H24N4O/c1-15-23-21(27-26-15)20-18-12-13-22(14-19(18)24-25-20,16-8-4-2-5-9-16)17-10-6-3-7-11-17/h2,4-5,8-9,12-13,17H,3,6-7,10-11,14H2,1H3,(H,24,25). The Labute approximate surface area is 158 Å². The number of nitrogens with zero attached hydrogens (tertiary/aromatic N) is 3. The molecule has 0 radical (unpaired) electrons. The summed E-state index contributed by atoms with van der Waals surface area (Å²) in [5.41, 5.74) is 4.44. The molecule has 1 atom stereocenters. The van der Waals surface area contributed by atoms with E-state index in [4.69, 9.17) is 4.52 Å². The zero-order valence-electron chi connectivity index (χ0n) is 15.6. The third-order valence-corrected chi connectivity index (χ3v) is 6.27. The first-order chi connectivity index (χ1) is 13.3. The molecule has 0 aliphatic heterocycles. The fraction of sp³-hybridized carbons (Fsp3) is 0.409. The van der Waals surface area contributed by atoms with Crippen LogP contribution in [0.2, 0.25) is 0 Å². The van der Waals surface area contributed by atoms with Crippen LogP contribution in [0, 0.1) is 12.8 Å². The number of fused-ring (bicyclic) bond motifs is 1. The zero-order chi connectivity index (χ0) is 18.3. The third kappa shape index (κ3) is 2.73. The lowest BCUT2D eigenvalue weighted by atomic mass is 9.61. The van der Waals surface area contributed by atoms with E-state index in [1.54, 1.807) is 0 Å². The van der Waals surface area contributed by atoms with Crippen LogP contribution in [0.25, 0.3) is 17.7 Å². The Morgan fingerprint density at radius 3 is 2.67 bits per heavy atom. The molecule has 1 N–H and O–H groups in total. The van der Waals surface area contributed by atoms with Gasteiger partial charge in [-0.3, -0.25) is 5.10 Å². The SMILES string of the molecule is Cc1noc(-c2n[nH]c3c2C=CC(c2ccccc2)(C2CCCCC2)C3)n1. The molecule has 1 aromatic carbocycles. The topological polar surface area (TPSA) is 67.6 Å². The van der Waals surface area contributed by atoms with Crippen LogP contribution in [0.5, 0.6) is 0 Å². The van der Waals surface area contributed by atoms with Crippen molar-refractivity contribution in [2.24, 2.45) is 5.92 Å². The van der Waals surface area contributed by atoms with Crippen LogP contribution in [0.4, 0.5) is 0 Å². The van der Waals surface area contributed by atoms with Crippen molar-refractivity contribution in [3.63, 3.8) is 0 Å². The first-order valence-electron chi connectivity index (χ1n) is 9.89. The fourth-order valence-corrected chi connectivity index (χ4v) is 4.92. The molecule has 0 spiro atoms. The predicted octanol–water partition coefficient (Wildman–Crippen LogP) is 4.86. The van der Waals surface area contributed by atoms with Crippen molar-refractivity contribution < 1.29 is 4.52 Å². The quantitative estimate of drug-likeness (QED) is 0.724. The lowest BCUT2D eigenvalue weighted by molar-refractivity contribution is 0.241. The lowest BCUT2D eigenvalue weighted by Crippen LogP contribution is -2.38. The molecule has 0 bridgehead atoms. The van der Waals surface area contributed by atoms with E-state index in [0.717, 1.165) is 23.4 Å². The molecule has 0 saturated heterocycles. The predicted molar refractivity (Wildman–Crippen MR) is 104 cm³/mol. The van der Waals surface area contributed by atoms with E-state index in [9.17, 15) is 0 Å². The number of rotatable bonds is 3. The molecule has 5 rings (SSSR count). The first kappa shape index (κ1) is 16.5. The summed E-state index contributed by atoms with van der Waals surface area (Å²) < 4.78 is 5.35. The van der Waals surface area contributed by atoms with Gasteiger partial charge in [-0.15, -0.1) is 0 Å². The van der Waals surface area contributed by atoms with Gasteiger partial charge < -0.3 is 4.52 Å². The van der Waals surface area contributed by atoms with E-state index in [1.165, 1.54) is 37.7 Å². The minimum absolute atomic E-state index is 0.0310. The summed E-state index contributed by atoms with van der Waals surface area (Å²) in [5.74, 6) is 1.78. The summed E-state index contributed by atoms with van der Waals surface area (Å²) in [6.45, 7) is 1.82. The van der Waals surface area contributed by atoms with Crippen LogP contribution < -0.4 is 0 Å². The number of hydrogen-bond donors (Lipinski definition) is 1. The zero-order valence-corrected chi connectivity index (χ0v) is 15.6. The lowest BCUT2D eigenvalue weighted by Gasteiger charge is -2.43. The van der Waals surface area contributed by atoms with Crippen molar-refractivity contribution in [1.82, 2.24) is 20.3 Å². The maximum Gasteiger partial charge on any atom is 0.279 e. The van der Waals surface area contributed by atoms with Gasteiger partial charge in [-0.25, -0.2) is 0 Å². The fourth-order valence-electron chi connectivity index (χ4n) is 4.92. The van der Waals surface area contributed by atoms with Gasteiger partial charge in [-0.05, 0) is 31.2 Å². The highest BCUT2D eigenvalue weighted by Gasteiger charge is 2.42. The van der Waals surface area contributed by atoms with Crippen molar-refractivity contribution in [2.45, 2.75) is 50.9 Å². The summed E-state index contributed by atoms with van der Waals surface area (Å²) in [7, 11) is 0. The van der Waals surface area contributed by atoms with Gasteiger partial charge in [0.15, 0.2) is 11.5 Å². The highest BCUT2D eigenvalue weighted by molar-refractivity contribution is 5.71. The van der Waals surface area contributed by atoms with Crippen LogP contribution in [-0.2, 0) is 11.8 Å².